The molecule has 7 nitrogen and oxygen atoms in total. The van der Waals surface area contributed by atoms with Gasteiger partial charge in [-0.1, -0.05) is 6.07 Å². The number of likely N-dealkylation sites (N-methyl/N-ethyl adjacent to an activating group) is 1. The van der Waals surface area contributed by atoms with Crippen molar-refractivity contribution in [2.45, 2.75) is 46.3 Å². The summed E-state index contributed by atoms with van der Waals surface area (Å²) < 4.78 is 5.18. The Kier molecular flexibility index (Phi) is 6.97. The van der Waals surface area contributed by atoms with Gasteiger partial charge in [0.25, 0.3) is 5.91 Å². The van der Waals surface area contributed by atoms with E-state index < -0.39 is 11.7 Å². The third kappa shape index (κ3) is 7.69. The summed E-state index contributed by atoms with van der Waals surface area (Å²) in [6, 6.07) is 6.49. The average Bonchev–Trinajstić information content (AvgIpc) is 2.43. The molecule has 0 atom stereocenters. The van der Waals surface area contributed by atoms with E-state index in [1.165, 1.54) is 4.90 Å². The van der Waals surface area contributed by atoms with E-state index >= 15 is 0 Å². The van der Waals surface area contributed by atoms with Crippen molar-refractivity contribution in [1.29, 1.82) is 0 Å². The molecule has 0 fully saturated rings. The van der Waals surface area contributed by atoms with Crippen LogP contribution in [0.4, 0.5) is 10.5 Å². The van der Waals surface area contributed by atoms with E-state index in [9.17, 15) is 14.4 Å². The van der Waals surface area contributed by atoms with Gasteiger partial charge in [-0.2, -0.15) is 0 Å². The molecule has 0 aromatic heterocycles. The summed E-state index contributed by atoms with van der Waals surface area (Å²) in [6.45, 7) is 8.97. The number of anilines is 1. The molecule has 25 heavy (non-hydrogen) atoms. The Hall–Kier alpha value is -2.57. The van der Waals surface area contributed by atoms with Crippen molar-refractivity contribution in [3.63, 3.8) is 0 Å². The zero-order valence-electron chi connectivity index (χ0n) is 15.7. The lowest BCUT2D eigenvalue weighted by Gasteiger charge is -2.20. The van der Waals surface area contributed by atoms with E-state index in [0.717, 1.165) is 0 Å². The number of hydrogen-bond donors (Lipinski definition) is 2. The minimum Gasteiger partial charge on any atom is -0.444 e. The molecule has 0 bridgehead atoms. The second-order valence-corrected chi connectivity index (χ2v) is 7.09. The molecule has 1 aromatic carbocycles. The first-order valence-corrected chi connectivity index (χ1v) is 8.13. The lowest BCUT2D eigenvalue weighted by Crippen LogP contribution is -2.40. The van der Waals surface area contributed by atoms with E-state index in [1.807, 2.05) is 13.8 Å². The summed E-state index contributed by atoms with van der Waals surface area (Å²) in [7, 11) is 1.55. The summed E-state index contributed by atoms with van der Waals surface area (Å²) in [4.78, 5) is 37.3. The van der Waals surface area contributed by atoms with Crippen molar-refractivity contribution in [2.24, 2.45) is 0 Å². The molecule has 138 valence electrons. The highest BCUT2D eigenvalue weighted by atomic mass is 16.6. The SMILES string of the molecule is CC(C)NC(=O)CN(C)C(=O)c1cccc(NC(=O)OC(C)(C)C)c1. The zero-order chi connectivity index (χ0) is 19.2. The lowest BCUT2D eigenvalue weighted by molar-refractivity contribution is -0.122. The van der Waals surface area contributed by atoms with Crippen LogP contribution in [0.15, 0.2) is 24.3 Å². The molecule has 0 saturated carbocycles. The van der Waals surface area contributed by atoms with Gasteiger partial charge in [-0.05, 0) is 52.8 Å². The van der Waals surface area contributed by atoms with Crippen LogP contribution in [0.3, 0.4) is 0 Å². The number of carbonyl (C=O) groups excluding carboxylic acids is 3. The quantitative estimate of drug-likeness (QED) is 0.855. The molecule has 3 amide bonds. The van der Waals surface area contributed by atoms with Gasteiger partial charge in [-0.3, -0.25) is 14.9 Å². The standard InChI is InChI=1S/C18H27N3O4/c1-12(2)19-15(22)11-21(6)16(23)13-8-7-9-14(10-13)20-17(24)25-18(3,4)5/h7-10,12H,11H2,1-6H3,(H,19,22)(H,20,24). The number of hydrogen-bond acceptors (Lipinski definition) is 4. The van der Waals surface area contributed by atoms with Gasteiger partial charge < -0.3 is 15.0 Å². The molecule has 0 radical (unpaired) electrons. The summed E-state index contributed by atoms with van der Waals surface area (Å²) in [5.41, 5.74) is 0.204. The van der Waals surface area contributed by atoms with Crippen LogP contribution in [0.2, 0.25) is 0 Å². The molecule has 0 spiro atoms. The summed E-state index contributed by atoms with van der Waals surface area (Å²) >= 11 is 0. The number of amides is 3. The number of ether oxygens (including phenoxy) is 1. The second kappa shape index (κ2) is 8.50. The smallest absolute Gasteiger partial charge is 0.412 e. The topological polar surface area (TPSA) is 87.7 Å². The summed E-state index contributed by atoms with van der Waals surface area (Å²) in [6.07, 6.45) is -0.596. The van der Waals surface area contributed by atoms with Crippen LogP contribution < -0.4 is 10.6 Å². The number of carbonyl (C=O) groups is 3. The van der Waals surface area contributed by atoms with Crippen molar-refractivity contribution in [3.05, 3.63) is 29.8 Å². The minimum absolute atomic E-state index is 0.0114. The predicted molar refractivity (Wildman–Crippen MR) is 96.5 cm³/mol. The maximum atomic E-state index is 12.4. The van der Waals surface area contributed by atoms with Gasteiger partial charge in [-0.25, -0.2) is 4.79 Å². The highest BCUT2D eigenvalue weighted by Crippen LogP contribution is 2.14. The molecule has 0 aliphatic heterocycles. The monoisotopic (exact) mass is 349 g/mol. The van der Waals surface area contributed by atoms with Crippen LogP contribution in [0.5, 0.6) is 0 Å². The molecular weight excluding hydrogens is 322 g/mol. The highest BCUT2D eigenvalue weighted by Gasteiger charge is 2.18. The van der Waals surface area contributed by atoms with Crippen molar-refractivity contribution in [3.8, 4) is 0 Å². The van der Waals surface area contributed by atoms with Crippen molar-refractivity contribution in [1.82, 2.24) is 10.2 Å². The lowest BCUT2D eigenvalue weighted by atomic mass is 10.1. The van der Waals surface area contributed by atoms with Crippen LogP contribution in [0, 0.1) is 0 Å². The van der Waals surface area contributed by atoms with E-state index in [1.54, 1.807) is 52.1 Å². The van der Waals surface area contributed by atoms with E-state index in [4.69, 9.17) is 4.74 Å². The van der Waals surface area contributed by atoms with Gasteiger partial charge in [0.05, 0.1) is 6.54 Å². The van der Waals surface area contributed by atoms with Crippen LogP contribution in [-0.2, 0) is 9.53 Å². The summed E-state index contributed by atoms with van der Waals surface area (Å²) in [5.74, 6) is -0.541. The average molecular weight is 349 g/mol. The molecule has 1 aromatic rings. The molecular formula is C18H27N3O4. The molecule has 0 aliphatic carbocycles. The van der Waals surface area contributed by atoms with Gasteiger partial charge in [0.2, 0.25) is 5.91 Å². The Morgan fingerprint density at radius 2 is 1.84 bits per heavy atom. The Labute approximate surface area is 148 Å². The van der Waals surface area contributed by atoms with Gasteiger partial charge in [-0.15, -0.1) is 0 Å². The molecule has 0 saturated heterocycles. The molecule has 2 N–H and O–H groups in total. The number of nitrogens with one attached hydrogen (secondary N) is 2. The maximum Gasteiger partial charge on any atom is 0.412 e. The van der Waals surface area contributed by atoms with Gasteiger partial charge in [0, 0.05) is 24.3 Å². The van der Waals surface area contributed by atoms with Gasteiger partial charge in [0.1, 0.15) is 5.60 Å². The first-order chi connectivity index (χ1) is 11.5. The van der Waals surface area contributed by atoms with Crippen LogP contribution >= 0.6 is 0 Å². The number of benzene rings is 1. The first-order valence-electron chi connectivity index (χ1n) is 8.13. The van der Waals surface area contributed by atoms with Crippen LogP contribution in [0.25, 0.3) is 0 Å². The van der Waals surface area contributed by atoms with Crippen molar-refractivity contribution in [2.75, 3.05) is 18.9 Å². The minimum atomic E-state index is -0.610. The van der Waals surface area contributed by atoms with E-state index in [2.05, 4.69) is 10.6 Å². The molecule has 0 unspecified atom stereocenters. The number of rotatable bonds is 5. The van der Waals surface area contributed by atoms with Gasteiger partial charge in [0.15, 0.2) is 0 Å². The van der Waals surface area contributed by atoms with Crippen LogP contribution in [-0.4, -0.2) is 48.0 Å². The van der Waals surface area contributed by atoms with Crippen LogP contribution in [0.1, 0.15) is 45.0 Å². The molecule has 0 aliphatic rings. The first kappa shape index (κ1) is 20.5. The van der Waals surface area contributed by atoms with E-state index in [0.29, 0.717) is 11.3 Å². The van der Waals surface area contributed by atoms with Gasteiger partial charge >= 0.3 is 6.09 Å². The molecule has 1 rings (SSSR count). The third-order valence-corrected chi connectivity index (χ3v) is 2.93. The third-order valence-electron chi connectivity index (χ3n) is 2.93. The normalized spacial score (nSPS) is 11.0. The fourth-order valence-corrected chi connectivity index (χ4v) is 2.03. The maximum absolute atomic E-state index is 12.4. The Morgan fingerprint density at radius 3 is 2.40 bits per heavy atom. The predicted octanol–water partition coefficient (Wildman–Crippen LogP) is 2.63. The Balaban J connectivity index is 2.74. The Bertz CT molecular complexity index is 635. The largest absolute Gasteiger partial charge is 0.444 e. The van der Waals surface area contributed by atoms with Crippen molar-refractivity contribution < 1.29 is 19.1 Å². The second-order valence-electron chi connectivity index (χ2n) is 7.09. The fourth-order valence-electron chi connectivity index (χ4n) is 2.03. The zero-order valence-corrected chi connectivity index (χ0v) is 15.7. The summed E-state index contributed by atoms with van der Waals surface area (Å²) in [5, 5.41) is 5.32. The molecule has 7 heteroatoms. The fraction of sp³-hybridized carbons (Fsp3) is 0.500. The number of nitrogens with zero attached hydrogens (tertiary/aromatic N) is 1. The highest BCUT2D eigenvalue weighted by molar-refractivity contribution is 5.98. The Morgan fingerprint density at radius 1 is 1.20 bits per heavy atom. The van der Waals surface area contributed by atoms with E-state index in [-0.39, 0.29) is 24.4 Å². The van der Waals surface area contributed by atoms with Crippen molar-refractivity contribution >= 4 is 23.6 Å². The molecule has 0 heterocycles.